The highest BCUT2D eigenvalue weighted by Crippen LogP contribution is 2.48. The number of carbonyl (C=O) groups is 1. The van der Waals surface area contributed by atoms with Gasteiger partial charge in [-0.2, -0.15) is 5.10 Å². The van der Waals surface area contributed by atoms with Gasteiger partial charge in [-0.15, -0.1) is 0 Å². The van der Waals surface area contributed by atoms with Gasteiger partial charge in [0.2, 0.25) is 5.91 Å². The Hall–Kier alpha value is -3.06. The molecule has 5 rings (SSSR count). The van der Waals surface area contributed by atoms with Gasteiger partial charge in [0.05, 0.1) is 17.2 Å². The summed E-state index contributed by atoms with van der Waals surface area (Å²) in [5, 5.41) is 17.0. The number of rotatable bonds is 3. The van der Waals surface area contributed by atoms with Gasteiger partial charge < -0.3 is 10.0 Å². The maximum Gasteiger partial charge on any atom is 0.275 e. The van der Waals surface area contributed by atoms with Gasteiger partial charge in [-0.05, 0) is 37.3 Å². The number of aromatic nitrogens is 3. The van der Waals surface area contributed by atoms with Crippen LogP contribution in [0.1, 0.15) is 24.8 Å². The highest BCUT2D eigenvalue weighted by molar-refractivity contribution is 5.81. The molecule has 3 heterocycles. The highest BCUT2D eigenvalue weighted by atomic mass is 16.3. The summed E-state index contributed by atoms with van der Waals surface area (Å²) >= 11 is 0. The maximum absolute atomic E-state index is 13.0. The number of amides is 1. The van der Waals surface area contributed by atoms with Crippen LogP contribution < -0.4 is 5.56 Å². The first-order chi connectivity index (χ1) is 14.6. The molecule has 154 valence electrons. The molecule has 1 saturated carbocycles. The van der Waals surface area contributed by atoms with Crippen LogP contribution in [0.25, 0.3) is 10.8 Å². The average molecular weight is 404 g/mol. The van der Waals surface area contributed by atoms with E-state index in [1.54, 1.807) is 35.6 Å². The van der Waals surface area contributed by atoms with E-state index >= 15 is 0 Å². The molecule has 30 heavy (non-hydrogen) atoms. The molecule has 7 nitrogen and oxygen atoms in total. The maximum atomic E-state index is 13.0. The van der Waals surface area contributed by atoms with Crippen LogP contribution in [-0.2, 0) is 16.9 Å². The van der Waals surface area contributed by atoms with Crippen LogP contribution in [0.3, 0.4) is 0 Å². The lowest BCUT2D eigenvalue weighted by Crippen LogP contribution is -2.43. The number of aliphatic hydroxyl groups is 1. The number of hydrogen-bond donors (Lipinski definition) is 1. The Bertz CT molecular complexity index is 1150. The minimum Gasteiger partial charge on any atom is -0.385 e. The summed E-state index contributed by atoms with van der Waals surface area (Å²) in [4.78, 5) is 31.7. The summed E-state index contributed by atoms with van der Waals surface area (Å²) in [6.07, 6.45) is 7.63. The number of likely N-dealkylation sites (tertiary alicyclic amines) is 1. The molecule has 1 saturated heterocycles. The van der Waals surface area contributed by atoms with Crippen molar-refractivity contribution in [1.82, 2.24) is 19.7 Å². The van der Waals surface area contributed by atoms with Crippen molar-refractivity contribution in [3.8, 4) is 0 Å². The number of nitrogens with zero attached hydrogens (tertiary/aromatic N) is 4. The second kappa shape index (κ2) is 7.32. The Kier molecular flexibility index (Phi) is 4.62. The zero-order chi connectivity index (χ0) is 20.7. The van der Waals surface area contributed by atoms with E-state index in [0.29, 0.717) is 24.9 Å². The van der Waals surface area contributed by atoms with Crippen LogP contribution in [0.2, 0.25) is 0 Å². The topological polar surface area (TPSA) is 88.3 Å². The molecule has 1 aromatic carbocycles. The van der Waals surface area contributed by atoms with Crippen molar-refractivity contribution in [1.29, 1.82) is 0 Å². The van der Waals surface area contributed by atoms with E-state index < -0.39 is 5.60 Å². The molecule has 3 atom stereocenters. The minimum absolute atomic E-state index is 0.0271. The molecule has 1 aliphatic heterocycles. The molecule has 0 spiro atoms. The van der Waals surface area contributed by atoms with Gasteiger partial charge in [-0.3, -0.25) is 14.6 Å². The first kappa shape index (κ1) is 18.9. The lowest BCUT2D eigenvalue weighted by atomic mass is 9.68. The molecule has 3 aromatic rings. The van der Waals surface area contributed by atoms with Crippen LogP contribution in [0, 0.1) is 11.8 Å². The number of carbonyl (C=O) groups excluding carboxylic acids is 1. The van der Waals surface area contributed by atoms with E-state index in [2.05, 4.69) is 10.1 Å². The fraction of sp³-hybridized carbons (Fsp3) is 0.391. The van der Waals surface area contributed by atoms with E-state index in [-0.39, 0.29) is 29.8 Å². The highest BCUT2D eigenvalue weighted by Gasteiger charge is 2.50. The molecule has 1 aliphatic carbocycles. The van der Waals surface area contributed by atoms with Crippen LogP contribution in [0.15, 0.2) is 59.8 Å². The number of pyridine rings is 1. The van der Waals surface area contributed by atoms with Crippen LogP contribution >= 0.6 is 0 Å². The molecule has 0 radical (unpaired) electrons. The fourth-order valence-corrected chi connectivity index (χ4v) is 5.17. The van der Waals surface area contributed by atoms with Gasteiger partial charge in [0.25, 0.3) is 5.56 Å². The van der Waals surface area contributed by atoms with Crippen LogP contribution in [0.5, 0.6) is 0 Å². The predicted octanol–water partition coefficient (Wildman–Crippen LogP) is 1.94. The smallest absolute Gasteiger partial charge is 0.275 e. The van der Waals surface area contributed by atoms with Gasteiger partial charge in [-0.1, -0.05) is 24.3 Å². The summed E-state index contributed by atoms with van der Waals surface area (Å²) in [5.41, 5.74) is -0.407. The van der Waals surface area contributed by atoms with Crippen molar-refractivity contribution in [2.24, 2.45) is 11.8 Å². The fourth-order valence-electron chi connectivity index (χ4n) is 5.17. The third kappa shape index (κ3) is 3.10. The molecular weight excluding hydrogens is 380 g/mol. The summed E-state index contributed by atoms with van der Waals surface area (Å²) in [7, 11) is 0. The lowest BCUT2D eigenvalue weighted by Gasteiger charge is -2.41. The van der Waals surface area contributed by atoms with Crippen LogP contribution in [0.4, 0.5) is 0 Å². The Labute approximate surface area is 174 Å². The van der Waals surface area contributed by atoms with Gasteiger partial charge in [0.15, 0.2) is 0 Å². The largest absolute Gasteiger partial charge is 0.385 e. The molecule has 2 aliphatic rings. The second-order valence-electron chi connectivity index (χ2n) is 8.42. The van der Waals surface area contributed by atoms with Crippen molar-refractivity contribution in [3.63, 3.8) is 0 Å². The van der Waals surface area contributed by atoms with Crippen LogP contribution in [-0.4, -0.2) is 43.8 Å². The van der Waals surface area contributed by atoms with E-state index in [1.165, 1.54) is 4.68 Å². The summed E-state index contributed by atoms with van der Waals surface area (Å²) in [5.74, 6) is 0.0812. The number of fused-ring (bicyclic) bond motifs is 2. The van der Waals surface area contributed by atoms with E-state index in [9.17, 15) is 14.7 Å². The number of hydrogen-bond acceptors (Lipinski definition) is 5. The summed E-state index contributed by atoms with van der Waals surface area (Å²) in [6.45, 7) is 1.00. The summed E-state index contributed by atoms with van der Waals surface area (Å²) in [6, 6.07) is 11.0. The van der Waals surface area contributed by atoms with Gasteiger partial charge >= 0.3 is 0 Å². The number of benzene rings is 1. The predicted molar refractivity (Wildman–Crippen MR) is 112 cm³/mol. The molecule has 2 fully saturated rings. The van der Waals surface area contributed by atoms with Crippen molar-refractivity contribution < 1.29 is 9.90 Å². The first-order valence-electron chi connectivity index (χ1n) is 10.4. The van der Waals surface area contributed by atoms with Gasteiger partial charge in [0.1, 0.15) is 6.54 Å². The Morgan fingerprint density at radius 3 is 2.87 bits per heavy atom. The third-order valence-corrected chi connectivity index (χ3v) is 6.75. The quantitative estimate of drug-likeness (QED) is 0.721. The van der Waals surface area contributed by atoms with E-state index in [4.69, 9.17) is 0 Å². The molecule has 0 unspecified atom stereocenters. The van der Waals surface area contributed by atoms with Gasteiger partial charge in [-0.25, -0.2) is 4.68 Å². The average Bonchev–Trinajstić information content (AvgIpc) is 3.23. The zero-order valence-corrected chi connectivity index (χ0v) is 16.6. The third-order valence-electron chi connectivity index (χ3n) is 6.75. The van der Waals surface area contributed by atoms with Crippen molar-refractivity contribution in [3.05, 3.63) is 70.9 Å². The monoisotopic (exact) mass is 404 g/mol. The molecule has 2 aromatic heterocycles. The van der Waals surface area contributed by atoms with Crippen molar-refractivity contribution in [2.75, 3.05) is 13.1 Å². The Morgan fingerprint density at radius 2 is 2.03 bits per heavy atom. The van der Waals surface area contributed by atoms with E-state index in [0.717, 1.165) is 23.8 Å². The van der Waals surface area contributed by atoms with Crippen molar-refractivity contribution in [2.45, 2.75) is 31.4 Å². The van der Waals surface area contributed by atoms with E-state index in [1.807, 2.05) is 24.3 Å². The summed E-state index contributed by atoms with van der Waals surface area (Å²) < 4.78 is 1.24. The molecular formula is C23H24N4O3. The molecule has 7 heteroatoms. The standard InChI is InChI=1S/C23H24N4O3/c28-21(15-27-22(29)19-8-2-1-5-16(19)11-25-27)26-13-17-6-3-9-23(30,20(17)14-26)18-7-4-10-24-12-18/h1-2,4-5,7-8,10-12,17,20,30H,3,6,9,13-15H2/t17-,20-,23+/m0/s1. The zero-order valence-electron chi connectivity index (χ0n) is 16.6. The lowest BCUT2D eigenvalue weighted by molar-refractivity contribution is -0.131. The normalized spacial score (nSPS) is 26.0. The minimum atomic E-state index is -0.968. The molecule has 0 bridgehead atoms. The molecule has 1 amide bonds. The molecule has 1 N–H and O–H groups in total. The SMILES string of the molecule is O=C(Cn1ncc2ccccc2c1=O)N1C[C@@H]2CCC[C@@](O)(c3cccnc3)[C@H]2C1. The first-order valence-corrected chi connectivity index (χ1v) is 10.4. The second-order valence-corrected chi connectivity index (χ2v) is 8.42. The van der Waals surface area contributed by atoms with Gasteiger partial charge in [0, 0.05) is 42.4 Å². The Balaban J connectivity index is 1.37. The van der Waals surface area contributed by atoms with Crippen molar-refractivity contribution >= 4 is 16.7 Å². The Morgan fingerprint density at radius 1 is 1.17 bits per heavy atom.